The Morgan fingerprint density at radius 3 is 2.35 bits per heavy atom. The van der Waals surface area contributed by atoms with Crippen molar-refractivity contribution in [2.45, 2.75) is 18.2 Å². The Bertz CT molecular complexity index is 977. The normalized spacial score (nSPS) is 15.0. The lowest BCUT2D eigenvalue weighted by atomic mass is 10.1. The van der Waals surface area contributed by atoms with Crippen LogP contribution >= 0.6 is 0 Å². The number of esters is 1. The molecule has 0 spiro atoms. The molecule has 0 bridgehead atoms. The number of methoxy groups -OCH3 is 2. The summed E-state index contributed by atoms with van der Waals surface area (Å²) in [6, 6.07) is 12.3. The summed E-state index contributed by atoms with van der Waals surface area (Å²) in [6.07, 6.45) is 2.19. The van der Waals surface area contributed by atoms with Gasteiger partial charge in [-0.3, -0.25) is 0 Å². The molecule has 26 heavy (non-hydrogen) atoms. The number of rotatable bonds is 4. The lowest BCUT2D eigenvalue weighted by Crippen LogP contribution is -2.26. The van der Waals surface area contributed by atoms with Crippen molar-refractivity contribution in [3.05, 3.63) is 59.1 Å². The number of nitrogens with zero attached hydrogens (tertiary/aromatic N) is 1. The van der Waals surface area contributed by atoms with E-state index in [1.807, 2.05) is 24.3 Å². The maximum absolute atomic E-state index is 12.8. The first-order valence-corrected chi connectivity index (χ1v) is 9.52. The molecule has 0 saturated carbocycles. The van der Waals surface area contributed by atoms with Crippen molar-refractivity contribution in [2.24, 2.45) is 0 Å². The third-order valence-corrected chi connectivity index (χ3v) is 6.04. The number of benzene rings is 2. The van der Waals surface area contributed by atoms with Crippen molar-refractivity contribution in [1.82, 2.24) is 0 Å². The SMILES string of the molecule is CCc1ccc(N2C=C(C(=O)OC)S(=O)(=O)c3ccc(OC)cc32)cc1. The van der Waals surface area contributed by atoms with E-state index < -0.39 is 20.7 Å². The predicted octanol–water partition coefficient (Wildman–Crippen LogP) is 3.20. The minimum atomic E-state index is -3.98. The van der Waals surface area contributed by atoms with Gasteiger partial charge in [0.05, 0.1) is 24.8 Å². The molecule has 0 aliphatic carbocycles. The molecule has 0 aromatic heterocycles. The second-order valence-corrected chi connectivity index (χ2v) is 7.60. The zero-order valence-electron chi connectivity index (χ0n) is 14.7. The van der Waals surface area contributed by atoms with Crippen LogP contribution in [0.15, 0.2) is 58.5 Å². The molecule has 6 nitrogen and oxygen atoms in total. The van der Waals surface area contributed by atoms with Crippen LogP contribution in [-0.2, 0) is 25.8 Å². The average Bonchev–Trinajstić information content (AvgIpc) is 2.67. The van der Waals surface area contributed by atoms with E-state index in [4.69, 9.17) is 4.74 Å². The zero-order chi connectivity index (χ0) is 18.9. The Morgan fingerprint density at radius 1 is 1.08 bits per heavy atom. The van der Waals surface area contributed by atoms with Gasteiger partial charge < -0.3 is 14.4 Å². The third-order valence-electron chi connectivity index (χ3n) is 4.26. The number of fused-ring (bicyclic) bond motifs is 1. The highest BCUT2D eigenvalue weighted by Crippen LogP contribution is 2.41. The third kappa shape index (κ3) is 2.94. The van der Waals surface area contributed by atoms with Crippen LogP contribution in [0.1, 0.15) is 12.5 Å². The molecule has 1 heterocycles. The lowest BCUT2D eigenvalue weighted by Gasteiger charge is -2.29. The van der Waals surface area contributed by atoms with E-state index in [0.717, 1.165) is 24.8 Å². The average molecular weight is 373 g/mol. The van der Waals surface area contributed by atoms with Crippen molar-refractivity contribution >= 4 is 27.2 Å². The van der Waals surface area contributed by atoms with E-state index in [0.29, 0.717) is 11.4 Å². The molecule has 0 atom stereocenters. The largest absolute Gasteiger partial charge is 0.497 e. The van der Waals surface area contributed by atoms with Gasteiger partial charge in [-0.25, -0.2) is 13.2 Å². The summed E-state index contributed by atoms with van der Waals surface area (Å²) in [4.78, 5) is 13.4. The van der Waals surface area contributed by atoms with Crippen molar-refractivity contribution < 1.29 is 22.7 Å². The molecule has 136 valence electrons. The molecule has 0 amide bonds. The number of aryl methyl sites for hydroxylation is 1. The molecule has 1 aliphatic heterocycles. The van der Waals surface area contributed by atoms with Gasteiger partial charge in [-0.05, 0) is 36.2 Å². The van der Waals surface area contributed by atoms with Crippen LogP contribution in [0.2, 0.25) is 0 Å². The van der Waals surface area contributed by atoms with Crippen molar-refractivity contribution in [2.75, 3.05) is 19.1 Å². The van der Waals surface area contributed by atoms with E-state index in [2.05, 4.69) is 11.7 Å². The van der Waals surface area contributed by atoms with Crippen LogP contribution in [-0.4, -0.2) is 28.6 Å². The fourth-order valence-corrected chi connectivity index (χ4v) is 4.25. The van der Waals surface area contributed by atoms with E-state index in [1.54, 1.807) is 17.0 Å². The summed E-state index contributed by atoms with van der Waals surface area (Å²) >= 11 is 0. The Balaban J connectivity index is 2.24. The number of sulfone groups is 1. The van der Waals surface area contributed by atoms with E-state index in [-0.39, 0.29) is 4.90 Å². The van der Waals surface area contributed by atoms with Crippen LogP contribution in [0.5, 0.6) is 5.75 Å². The fourth-order valence-electron chi connectivity index (χ4n) is 2.78. The summed E-state index contributed by atoms with van der Waals surface area (Å²) in [6.45, 7) is 2.05. The summed E-state index contributed by atoms with van der Waals surface area (Å²) in [5.74, 6) is -0.384. The highest BCUT2D eigenvalue weighted by atomic mass is 32.2. The number of carbonyl (C=O) groups excluding carboxylic acids is 1. The Hall–Kier alpha value is -2.80. The van der Waals surface area contributed by atoms with Gasteiger partial charge in [0.25, 0.3) is 0 Å². The van der Waals surface area contributed by atoms with Gasteiger partial charge >= 0.3 is 5.97 Å². The number of ether oxygens (including phenoxy) is 2. The summed E-state index contributed by atoms with van der Waals surface area (Å²) in [7, 11) is -1.32. The smallest absolute Gasteiger partial charge is 0.351 e. The maximum Gasteiger partial charge on any atom is 0.351 e. The monoisotopic (exact) mass is 373 g/mol. The fraction of sp³-hybridized carbons (Fsp3) is 0.211. The van der Waals surface area contributed by atoms with Gasteiger partial charge in [0.2, 0.25) is 9.84 Å². The molecule has 2 aromatic rings. The molecule has 7 heteroatoms. The molecule has 0 radical (unpaired) electrons. The number of carbonyl (C=O) groups is 1. The van der Waals surface area contributed by atoms with Crippen LogP contribution in [0, 0.1) is 0 Å². The molecule has 0 saturated heterocycles. The van der Waals surface area contributed by atoms with Crippen molar-refractivity contribution in [3.8, 4) is 5.75 Å². The second kappa shape index (κ2) is 6.84. The van der Waals surface area contributed by atoms with E-state index in [9.17, 15) is 13.2 Å². The summed E-state index contributed by atoms with van der Waals surface area (Å²) in [5.41, 5.74) is 2.30. The molecule has 0 fully saturated rings. The lowest BCUT2D eigenvalue weighted by molar-refractivity contribution is -0.135. The second-order valence-electron chi connectivity index (χ2n) is 5.71. The van der Waals surface area contributed by atoms with Crippen molar-refractivity contribution in [3.63, 3.8) is 0 Å². The summed E-state index contributed by atoms with van der Waals surface area (Å²) < 4.78 is 35.6. The molecule has 1 aliphatic rings. The Kier molecular flexibility index (Phi) is 4.73. The first-order chi connectivity index (χ1) is 12.4. The first-order valence-electron chi connectivity index (χ1n) is 8.03. The van der Waals surface area contributed by atoms with Crippen LogP contribution < -0.4 is 9.64 Å². The van der Waals surface area contributed by atoms with Gasteiger partial charge in [0.1, 0.15) is 5.75 Å². The number of hydrogen-bond donors (Lipinski definition) is 0. The van der Waals surface area contributed by atoms with E-state index in [1.165, 1.54) is 19.4 Å². The molecule has 0 unspecified atom stereocenters. The number of hydrogen-bond acceptors (Lipinski definition) is 6. The molecule has 0 N–H and O–H groups in total. The minimum absolute atomic E-state index is 0.0285. The molecule has 2 aromatic carbocycles. The summed E-state index contributed by atoms with van der Waals surface area (Å²) in [5, 5.41) is 0. The van der Waals surface area contributed by atoms with Gasteiger partial charge in [0.15, 0.2) is 4.91 Å². The highest BCUT2D eigenvalue weighted by Gasteiger charge is 2.36. The van der Waals surface area contributed by atoms with Crippen LogP contribution in [0.4, 0.5) is 11.4 Å². The van der Waals surface area contributed by atoms with Gasteiger partial charge in [-0.15, -0.1) is 0 Å². The quantitative estimate of drug-likeness (QED) is 0.767. The van der Waals surface area contributed by atoms with Gasteiger partial charge in [-0.1, -0.05) is 19.1 Å². The Morgan fingerprint density at radius 2 is 1.77 bits per heavy atom. The molecular weight excluding hydrogens is 354 g/mol. The molecular formula is C19H19NO5S. The molecule has 3 rings (SSSR count). The Labute approximate surface area is 152 Å². The standard InChI is InChI=1S/C19H19NO5S/c1-4-13-5-7-14(8-6-13)20-12-18(19(21)25-3)26(22,23)17-10-9-15(24-2)11-16(17)20/h5-12H,4H2,1-3H3. The zero-order valence-corrected chi connectivity index (χ0v) is 15.5. The van der Waals surface area contributed by atoms with Crippen LogP contribution in [0.3, 0.4) is 0 Å². The topological polar surface area (TPSA) is 72.9 Å². The predicted molar refractivity (Wildman–Crippen MR) is 98.2 cm³/mol. The van der Waals surface area contributed by atoms with E-state index >= 15 is 0 Å². The maximum atomic E-state index is 12.8. The number of anilines is 2. The highest BCUT2D eigenvalue weighted by molar-refractivity contribution is 7.96. The van der Waals surface area contributed by atoms with Gasteiger partial charge in [-0.2, -0.15) is 0 Å². The first kappa shape index (κ1) is 18.0. The van der Waals surface area contributed by atoms with Crippen LogP contribution in [0.25, 0.3) is 0 Å². The minimum Gasteiger partial charge on any atom is -0.497 e. The van der Waals surface area contributed by atoms with Gasteiger partial charge in [0, 0.05) is 18.0 Å². The van der Waals surface area contributed by atoms with Crippen molar-refractivity contribution in [1.29, 1.82) is 0 Å².